The largest absolute Gasteiger partial charge is 0.461 e. The van der Waals surface area contributed by atoms with Gasteiger partial charge < -0.3 is 4.74 Å². The molecule has 0 unspecified atom stereocenters. The van der Waals surface area contributed by atoms with E-state index < -0.39 is 5.97 Å². The van der Waals surface area contributed by atoms with Crippen molar-refractivity contribution in [1.29, 1.82) is 0 Å². The third-order valence-electron chi connectivity index (χ3n) is 2.17. The first-order valence-corrected chi connectivity index (χ1v) is 5.87. The summed E-state index contributed by atoms with van der Waals surface area (Å²) in [5, 5.41) is 0.423. The molecule has 0 fully saturated rings. The maximum atomic E-state index is 11.8. The summed E-state index contributed by atoms with van der Waals surface area (Å²) in [6, 6.07) is 0. The number of ether oxygens (including phenoxy) is 1. The molecule has 0 N–H and O–H groups in total. The molecular weight excluding hydrogens is 286 g/mol. The van der Waals surface area contributed by atoms with Gasteiger partial charge in [0.25, 0.3) is 0 Å². The minimum atomic E-state index is -0.570. The van der Waals surface area contributed by atoms with Crippen molar-refractivity contribution in [3.63, 3.8) is 0 Å². The molecule has 2 rings (SSSR count). The lowest BCUT2D eigenvalue weighted by atomic mass is 10.3. The zero-order valence-electron chi connectivity index (χ0n) is 8.71. The highest BCUT2D eigenvalue weighted by atomic mass is 35.5. The molecular formula is C10H7Cl3N2O2. The third kappa shape index (κ3) is 1.97. The predicted molar refractivity (Wildman–Crippen MR) is 66.2 cm³/mol. The number of halogens is 3. The molecule has 0 aliphatic carbocycles. The van der Waals surface area contributed by atoms with E-state index in [4.69, 9.17) is 39.5 Å². The van der Waals surface area contributed by atoms with Crippen LogP contribution in [0.25, 0.3) is 5.52 Å². The van der Waals surface area contributed by atoms with Gasteiger partial charge in [-0.2, -0.15) is 0 Å². The summed E-state index contributed by atoms with van der Waals surface area (Å²) in [6.07, 6.45) is 2.92. The average molecular weight is 294 g/mol. The minimum absolute atomic E-state index is 0.0561. The van der Waals surface area contributed by atoms with Crippen LogP contribution in [-0.2, 0) is 4.74 Å². The van der Waals surface area contributed by atoms with E-state index in [-0.39, 0.29) is 27.4 Å². The lowest BCUT2D eigenvalue weighted by molar-refractivity contribution is 0.0518. The van der Waals surface area contributed by atoms with E-state index in [1.54, 1.807) is 6.92 Å². The molecule has 90 valence electrons. The SMILES string of the molecule is CCOC(=O)c1c(Cl)c(Cl)c(Cl)c2cncn12. The van der Waals surface area contributed by atoms with Gasteiger partial charge in [-0.1, -0.05) is 34.8 Å². The van der Waals surface area contributed by atoms with E-state index in [0.717, 1.165) is 0 Å². The van der Waals surface area contributed by atoms with Crippen LogP contribution in [0.5, 0.6) is 0 Å². The number of hydrogen-bond acceptors (Lipinski definition) is 3. The van der Waals surface area contributed by atoms with Crippen molar-refractivity contribution >= 4 is 46.3 Å². The highest BCUT2D eigenvalue weighted by Crippen LogP contribution is 2.36. The average Bonchev–Trinajstić information content (AvgIpc) is 2.75. The van der Waals surface area contributed by atoms with Crippen molar-refractivity contribution in [3.8, 4) is 0 Å². The summed E-state index contributed by atoms with van der Waals surface area (Å²) in [5.74, 6) is -0.570. The summed E-state index contributed by atoms with van der Waals surface area (Å²) in [4.78, 5) is 15.7. The van der Waals surface area contributed by atoms with E-state index in [1.165, 1.54) is 16.9 Å². The summed E-state index contributed by atoms with van der Waals surface area (Å²) >= 11 is 17.9. The van der Waals surface area contributed by atoms with Gasteiger partial charge in [0.2, 0.25) is 0 Å². The van der Waals surface area contributed by atoms with Gasteiger partial charge in [0.05, 0.1) is 39.7 Å². The van der Waals surface area contributed by atoms with E-state index in [9.17, 15) is 4.79 Å². The highest BCUT2D eigenvalue weighted by Gasteiger charge is 2.22. The van der Waals surface area contributed by atoms with Gasteiger partial charge in [-0.15, -0.1) is 0 Å². The molecule has 0 spiro atoms. The van der Waals surface area contributed by atoms with Gasteiger partial charge in [-0.25, -0.2) is 9.78 Å². The Morgan fingerprint density at radius 3 is 2.71 bits per heavy atom. The Kier molecular flexibility index (Phi) is 3.47. The number of fused-ring (bicyclic) bond motifs is 1. The Morgan fingerprint density at radius 1 is 1.35 bits per heavy atom. The number of pyridine rings is 1. The van der Waals surface area contributed by atoms with Gasteiger partial charge in [-0.3, -0.25) is 4.40 Å². The number of carbonyl (C=O) groups is 1. The van der Waals surface area contributed by atoms with E-state index in [2.05, 4.69) is 4.98 Å². The molecule has 0 saturated heterocycles. The van der Waals surface area contributed by atoms with Gasteiger partial charge in [0.1, 0.15) is 0 Å². The van der Waals surface area contributed by atoms with Crippen LogP contribution in [0.15, 0.2) is 12.5 Å². The topological polar surface area (TPSA) is 43.6 Å². The fourth-order valence-corrected chi connectivity index (χ4v) is 2.17. The Morgan fingerprint density at radius 2 is 2.06 bits per heavy atom. The monoisotopic (exact) mass is 292 g/mol. The minimum Gasteiger partial charge on any atom is -0.461 e. The Balaban J connectivity index is 2.77. The van der Waals surface area contributed by atoms with E-state index >= 15 is 0 Å². The normalized spacial score (nSPS) is 10.8. The maximum absolute atomic E-state index is 11.8. The molecule has 17 heavy (non-hydrogen) atoms. The van der Waals surface area contributed by atoms with Crippen molar-refractivity contribution in [2.75, 3.05) is 6.61 Å². The predicted octanol–water partition coefficient (Wildman–Crippen LogP) is 3.47. The highest BCUT2D eigenvalue weighted by molar-refractivity contribution is 6.50. The molecule has 2 heterocycles. The molecule has 2 aromatic rings. The summed E-state index contributed by atoms with van der Waals surface area (Å²) in [6.45, 7) is 1.94. The molecule has 0 aliphatic heterocycles. The first-order valence-electron chi connectivity index (χ1n) is 4.73. The van der Waals surface area contributed by atoms with Gasteiger partial charge in [0, 0.05) is 0 Å². The van der Waals surface area contributed by atoms with Crippen molar-refractivity contribution in [2.45, 2.75) is 6.92 Å². The van der Waals surface area contributed by atoms with Gasteiger partial charge in [-0.05, 0) is 6.92 Å². The Labute approximate surface area is 112 Å². The maximum Gasteiger partial charge on any atom is 0.356 e. The summed E-state index contributed by atoms with van der Waals surface area (Å²) in [5.41, 5.74) is 0.625. The summed E-state index contributed by atoms with van der Waals surface area (Å²) in [7, 11) is 0. The smallest absolute Gasteiger partial charge is 0.356 e. The van der Waals surface area contributed by atoms with Crippen molar-refractivity contribution < 1.29 is 9.53 Å². The fourth-order valence-electron chi connectivity index (χ4n) is 1.44. The van der Waals surface area contributed by atoms with E-state index in [0.29, 0.717) is 5.52 Å². The van der Waals surface area contributed by atoms with Crippen molar-refractivity contribution in [3.05, 3.63) is 33.3 Å². The molecule has 2 aromatic heterocycles. The summed E-state index contributed by atoms with van der Waals surface area (Å²) < 4.78 is 6.36. The second-order valence-electron chi connectivity index (χ2n) is 3.16. The van der Waals surface area contributed by atoms with Crippen LogP contribution in [0.4, 0.5) is 0 Å². The molecule has 0 aromatic carbocycles. The first-order chi connectivity index (χ1) is 8.07. The number of hydrogen-bond donors (Lipinski definition) is 0. The fraction of sp³-hybridized carbons (Fsp3) is 0.200. The number of aromatic nitrogens is 2. The standard InChI is InChI=1S/C10H7Cl3N2O2/c1-2-17-10(16)9-8(13)7(12)6(11)5-3-14-4-15(5)9/h3-4H,2H2,1H3. The van der Waals surface area contributed by atoms with Crippen molar-refractivity contribution in [2.24, 2.45) is 0 Å². The van der Waals surface area contributed by atoms with Crippen LogP contribution in [0, 0.1) is 0 Å². The molecule has 0 radical (unpaired) electrons. The second-order valence-corrected chi connectivity index (χ2v) is 4.29. The number of carbonyl (C=O) groups excluding carboxylic acids is 1. The number of rotatable bonds is 2. The Bertz CT molecular complexity index is 595. The first kappa shape index (κ1) is 12.5. The zero-order chi connectivity index (χ0) is 12.6. The molecule has 0 aliphatic rings. The van der Waals surface area contributed by atoms with Crippen LogP contribution < -0.4 is 0 Å². The Hall–Kier alpha value is -0.970. The van der Waals surface area contributed by atoms with Crippen LogP contribution in [-0.4, -0.2) is 22.0 Å². The van der Waals surface area contributed by atoms with Crippen LogP contribution in [0.2, 0.25) is 15.1 Å². The molecule has 0 saturated carbocycles. The molecule has 4 nitrogen and oxygen atoms in total. The van der Waals surface area contributed by atoms with Crippen LogP contribution >= 0.6 is 34.8 Å². The molecule has 7 heteroatoms. The molecule has 0 atom stereocenters. The third-order valence-corrected chi connectivity index (χ3v) is 3.49. The van der Waals surface area contributed by atoms with Crippen LogP contribution in [0.3, 0.4) is 0 Å². The van der Waals surface area contributed by atoms with Gasteiger partial charge in [0.15, 0.2) is 5.69 Å². The molecule has 0 amide bonds. The quantitative estimate of drug-likeness (QED) is 0.796. The second kappa shape index (κ2) is 4.72. The van der Waals surface area contributed by atoms with Crippen molar-refractivity contribution in [1.82, 2.24) is 9.38 Å². The number of esters is 1. The van der Waals surface area contributed by atoms with Crippen LogP contribution in [0.1, 0.15) is 17.4 Å². The lowest BCUT2D eigenvalue weighted by Crippen LogP contribution is -2.11. The number of imidazole rings is 1. The number of nitrogens with zero attached hydrogens (tertiary/aromatic N) is 2. The van der Waals surface area contributed by atoms with Gasteiger partial charge >= 0.3 is 5.97 Å². The lowest BCUT2D eigenvalue weighted by Gasteiger charge is -2.10. The molecule has 0 bridgehead atoms. The van der Waals surface area contributed by atoms with E-state index in [1.807, 2.05) is 0 Å². The zero-order valence-corrected chi connectivity index (χ0v) is 11.0.